The van der Waals surface area contributed by atoms with Crippen molar-refractivity contribution >= 4 is 31.3 Å². The summed E-state index contributed by atoms with van der Waals surface area (Å²) in [5.41, 5.74) is 6.47. The van der Waals surface area contributed by atoms with Crippen LogP contribution < -0.4 is 0 Å². The summed E-state index contributed by atoms with van der Waals surface area (Å²) in [7, 11) is -1.41. The summed E-state index contributed by atoms with van der Waals surface area (Å²) in [5, 5.41) is 1.42. The average molecular weight is 319 g/mol. The van der Waals surface area contributed by atoms with Crippen molar-refractivity contribution in [2.24, 2.45) is 0 Å². The lowest BCUT2D eigenvalue weighted by molar-refractivity contribution is 1.58. The minimum Gasteiger partial charge on any atom is -0.127 e. The highest BCUT2D eigenvalue weighted by molar-refractivity contribution is 6.83. The van der Waals surface area contributed by atoms with E-state index < -0.39 is 8.07 Å². The minimum absolute atomic E-state index is 0.707. The maximum Gasteiger partial charge on any atom is 0.129 e. The van der Waals surface area contributed by atoms with Crippen LogP contribution in [0.5, 0.6) is 0 Å². The molecule has 102 valence electrons. The van der Waals surface area contributed by atoms with Crippen molar-refractivity contribution in [3.05, 3.63) is 58.1 Å². The van der Waals surface area contributed by atoms with Crippen LogP contribution in [-0.2, 0) is 0 Å². The maximum absolute atomic E-state index is 6.12. The van der Waals surface area contributed by atoms with Gasteiger partial charge in [0.15, 0.2) is 0 Å². The van der Waals surface area contributed by atoms with E-state index in [4.69, 9.17) is 23.2 Å². The molecular formula is C17H16Cl2Si. The number of hydrogen-bond acceptors (Lipinski definition) is 0. The van der Waals surface area contributed by atoms with Gasteiger partial charge in [-0.05, 0) is 41.5 Å². The van der Waals surface area contributed by atoms with Crippen LogP contribution in [0.15, 0.2) is 42.5 Å². The molecule has 0 fully saturated rings. The quantitative estimate of drug-likeness (QED) is 0.454. The molecule has 0 bridgehead atoms. The molecule has 0 saturated carbocycles. The third-order valence-electron chi connectivity index (χ3n) is 2.69. The van der Waals surface area contributed by atoms with Crippen molar-refractivity contribution in [3.63, 3.8) is 0 Å². The fraction of sp³-hybridized carbons (Fsp3) is 0.176. The van der Waals surface area contributed by atoms with Crippen molar-refractivity contribution in [3.8, 4) is 22.6 Å². The Hall–Kier alpha value is -1.20. The van der Waals surface area contributed by atoms with Gasteiger partial charge in [-0.2, -0.15) is 0 Å². The smallest absolute Gasteiger partial charge is 0.127 e. The van der Waals surface area contributed by atoms with Gasteiger partial charge in [-0.25, -0.2) is 0 Å². The van der Waals surface area contributed by atoms with Crippen molar-refractivity contribution in [2.45, 2.75) is 19.6 Å². The van der Waals surface area contributed by atoms with Crippen LogP contribution >= 0.6 is 23.2 Å². The molecule has 0 aliphatic rings. The summed E-state index contributed by atoms with van der Waals surface area (Å²) in [6, 6.07) is 13.6. The van der Waals surface area contributed by atoms with Gasteiger partial charge in [0.1, 0.15) is 8.07 Å². The van der Waals surface area contributed by atoms with Crippen molar-refractivity contribution in [1.82, 2.24) is 0 Å². The molecule has 0 spiro atoms. The Morgan fingerprint density at radius 3 is 2.25 bits per heavy atom. The van der Waals surface area contributed by atoms with E-state index in [1.54, 1.807) is 0 Å². The molecule has 0 amide bonds. The molecule has 3 heteroatoms. The third-order valence-corrected chi connectivity index (χ3v) is 4.03. The largest absolute Gasteiger partial charge is 0.129 e. The molecule has 2 aromatic rings. The lowest BCUT2D eigenvalue weighted by Crippen LogP contribution is -2.16. The first-order valence-corrected chi connectivity index (χ1v) is 10.7. The van der Waals surface area contributed by atoms with Gasteiger partial charge in [-0.1, -0.05) is 60.9 Å². The van der Waals surface area contributed by atoms with Gasteiger partial charge < -0.3 is 0 Å². The summed E-state index contributed by atoms with van der Waals surface area (Å²) < 4.78 is 0. The summed E-state index contributed by atoms with van der Waals surface area (Å²) in [4.78, 5) is 0. The Morgan fingerprint density at radius 2 is 1.60 bits per heavy atom. The average Bonchev–Trinajstić information content (AvgIpc) is 2.36. The van der Waals surface area contributed by atoms with Gasteiger partial charge in [-0.15, -0.1) is 5.54 Å². The fourth-order valence-corrected chi connectivity index (χ4v) is 2.65. The lowest BCUT2D eigenvalue weighted by Gasteiger charge is -2.08. The second-order valence-corrected chi connectivity index (χ2v) is 11.3. The van der Waals surface area contributed by atoms with E-state index in [0.717, 1.165) is 16.7 Å². The standard InChI is InChI=1S/C17H16Cl2Si/c1-20(2,3)10-9-13-7-8-16(19)12-17(13)14-5-4-6-15(18)11-14/h4-8,11-12H,1-3H3. The van der Waals surface area contributed by atoms with Crippen LogP contribution in [-0.4, -0.2) is 8.07 Å². The summed E-state index contributed by atoms with van der Waals surface area (Å²) >= 11 is 12.2. The third kappa shape index (κ3) is 4.15. The van der Waals surface area contributed by atoms with Gasteiger partial charge in [0.25, 0.3) is 0 Å². The Morgan fingerprint density at radius 1 is 0.900 bits per heavy atom. The zero-order chi connectivity index (χ0) is 14.8. The Balaban J connectivity index is 2.56. The molecule has 2 rings (SSSR count). The topological polar surface area (TPSA) is 0 Å². The van der Waals surface area contributed by atoms with Gasteiger partial charge in [0.2, 0.25) is 0 Å². The molecule has 0 atom stereocenters. The molecular weight excluding hydrogens is 303 g/mol. The summed E-state index contributed by atoms with van der Waals surface area (Å²) in [5.74, 6) is 3.31. The molecule has 0 heterocycles. The second-order valence-electron chi connectivity index (χ2n) is 5.70. The predicted molar refractivity (Wildman–Crippen MR) is 92.1 cm³/mol. The monoisotopic (exact) mass is 318 g/mol. The van der Waals surface area contributed by atoms with E-state index in [1.807, 2.05) is 42.5 Å². The van der Waals surface area contributed by atoms with Crippen LogP contribution in [0.25, 0.3) is 11.1 Å². The van der Waals surface area contributed by atoms with Gasteiger partial charge in [0.05, 0.1) is 0 Å². The van der Waals surface area contributed by atoms with E-state index in [0.29, 0.717) is 10.0 Å². The Labute approximate surface area is 131 Å². The molecule has 0 aliphatic heterocycles. The molecule has 0 aromatic heterocycles. The highest BCUT2D eigenvalue weighted by Gasteiger charge is 2.09. The molecule has 0 saturated heterocycles. The first-order valence-electron chi connectivity index (χ1n) is 6.44. The van der Waals surface area contributed by atoms with Crippen LogP contribution in [0, 0.1) is 11.5 Å². The molecule has 0 nitrogen and oxygen atoms in total. The second kappa shape index (κ2) is 6.05. The SMILES string of the molecule is C[Si](C)(C)C#Cc1ccc(Cl)cc1-c1cccc(Cl)c1. The van der Waals surface area contributed by atoms with Crippen LogP contribution in [0.3, 0.4) is 0 Å². The first-order chi connectivity index (χ1) is 9.35. The van der Waals surface area contributed by atoms with Crippen molar-refractivity contribution in [2.75, 3.05) is 0 Å². The van der Waals surface area contributed by atoms with Crippen LogP contribution in [0.1, 0.15) is 5.56 Å². The zero-order valence-electron chi connectivity index (χ0n) is 11.8. The number of benzene rings is 2. The maximum atomic E-state index is 6.12. The van der Waals surface area contributed by atoms with E-state index in [1.165, 1.54) is 0 Å². The number of rotatable bonds is 1. The predicted octanol–water partition coefficient (Wildman–Crippen LogP) is 5.89. The van der Waals surface area contributed by atoms with Crippen molar-refractivity contribution in [1.29, 1.82) is 0 Å². The molecule has 20 heavy (non-hydrogen) atoms. The van der Waals surface area contributed by atoms with Gasteiger partial charge in [-0.3, -0.25) is 0 Å². The normalized spacial score (nSPS) is 10.8. The van der Waals surface area contributed by atoms with E-state index in [2.05, 4.69) is 31.1 Å². The lowest BCUT2D eigenvalue weighted by atomic mass is 10.0. The summed E-state index contributed by atoms with van der Waals surface area (Å²) in [6.45, 7) is 6.69. The van der Waals surface area contributed by atoms with Crippen molar-refractivity contribution < 1.29 is 0 Å². The summed E-state index contributed by atoms with van der Waals surface area (Å²) in [6.07, 6.45) is 0. The molecule has 0 unspecified atom stereocenters. The number of halogens is 2. The van der Waals surface area contributed by atoms with Gasteiger partial charge in [0, 0.05) is 15.6 Å². The highest BCUT2D eigenvalue weighted by atomic mass is 35.5. The first kappa shape index (κ1) is 15.2. The van der Waals surface area contributed by atoms with Crippen LogP contribution in [0.4, 0.5) is 0 Å². The number of hydrogen-bond donors (Lipinski definition) is 0. The van der Waals surface area contributed by atoms with E-state index >= 15 is 0 Å². The molecule has 0 radical (unpaired) electrons. The highest BCUT2D eigenvalue weighted by Crippen LogP contribution is 2.28. The molecule has 0 aliphatic carbocycles. The van der Waals surface area contributed by atoms with Gasteiger partial charge >= 0.3 is 0 Å². The Bertz CT molecular complexity index is 688. The zero-order valence-corrected chi connectivity index (χ0v) is 14.3. The fourth-order valence-electron chi connectivity index (χ4n) is 1.78. The molecule has 2 aromatic carbocycles. The van der Waals surface area contributed by atoms with Crippen LogP contribution in [0.2, 0.25) is 29.7 Å². The van der Waals surface area contributed by atoms with E-state index in [-0.39, 0.29) is 0 Å². The van der Waals surface area contributed by atoms with E-state index in [9.17, 15) is 0 Å². The minimum atomic E-state index is -1.41. The molecule has 0 N–H and O–H groups in total. The Kier molecular flexibility index (Phi) is 4.60.